The van der Waals surface area contributed by atoms with Crippen molar-refractivity contribution in [3.05, 3.63) is 37.9 Å². The number of allylic oxidation sites excluding steroid dienone is 1. The van der Waals surface area contributed by atoms with E-state index in [1.807, 2.05) is 0 Å². The van der Waals surface area contributed by atoms with Gasteiger partial charge in [0.2, 0.25) is 0 Å². The molecule has 0 fully saturated rings. The lowest BCUT2D eigenvalue weighted by molar-refractivity contribution is 1.05. The number of hydrogen-bond acceptors (Lipinski definition) is 4. The van der Waals surface area contributed by atoms with Gasteiger partial charge in [0, 0.05) is 6.20 Å². The summed E-state index contributed by atoms with van der Waals surface area (Å²) in [6, 6.07) is 4.76. The van der Waals surface area contributed by atoms with Crippen LogP contribution in [-0.2, 0) is 0 Å². The van der Waals surface area contributed by atoms with Gasteiger partial charge in [0.1, 0.15) is 17.7 Å². The van der Waals surface area contributed by atoms with E-state index in [9.17, 15) is 0 Å². The van der Waals surface area contributed by atoms with Gasteiger partial charge >= 0.3 is 0 Å². The van der Waals surface area contributed by atoms with Gasteiger partial charge in [0.05, 0.1) is 25.8 Å². The lowest BCUT2D eigenvalue weighted by Crippen LogP contribution is -2.15. The molecule has 0 aliphatic heterocycles. The highest BCUT2D eigenvalue weighted by atomic mass is 35.5. The third-order valence-corrected chi connectivity index (χ3v) is 3.33. The van der Waals surface area contributed by atoms with E-state index in [4.69, 9.17) is 56.9 Å². The Kier molecular flexibility index (Phi) is 5.40. The summed E-state index contributed by atoms with van der Waals surface area (Å²) in [7, 11) is 0. The van der Waals surface area contributed by atoms with Crippen molar-refractivity contribution in [1.82, 2.24) is 5.43 Å². The van der Waals surface area contributed by atoms with Crippen molar-refractivity contribution in [3.8, 4) is 12.1 Å². The minimum Gasteiger partial charge on any atom is -0.306 e. The minimum atomic E-state index is -0.116. The molecule has 4 nitrogen and oxygen atoms in total. The summed E-state index contributed by atoms with van der Waals surface area (Å²) in [5.74, 6) is 0. The van der Waals surface area contributed by atoms with E-state index in [1.54, 1.807) is 12.1 Å². The summed E-state index contributed by atoms with van der Waals surface area (Å²) >= 11 is 23.5. The van der Waals surface area contributed by atoms with Crippen molar-refractivity contribution in [2.45, 2.75) is 0 Å². The molecular formula is C10H4Cl4N4. The topological polar surface area (TPSA) is 71.6 Å². The van der Waals surface area contributed by atoms with Crippen LogP contribution in [0.15, 0.2) is 17.8 Å². The lowest BCUT2D eigenvalue weighted by atomic mass is 10.3. The number of nitrogens with one attached hydrogen (secondary N) is 2. The molecule has 0 amide bonds. The zero-order valence-corrected chi connectivity index (χ0v) is 11.6. The van der Waals surface area contributed by atoms with Crippen LogP contribution in [0.1, 0.15) is 0 Å². The van der Waals surface area contributed by atoms with E-state index < -0.39 is 0 Å². The van der Waals surface area contributed by atoms with E-state index in [1.165, 1.54) is 6.07 Å². The number of hydrogen-bond donors (Lipinski definition) is 2. The molecular weight excluding hydrogens is 318 g/mol. The first kappa shape index (κ1) is 14.8. The van der Waals surface area contributed by atoms with E-state index in [2.05, 4.69) is 10.9 Å². The Morgan fingerprint density at radius 1 is 1.06 bits per heavy atom. The second-order valence-electron chi connectivity index (χ2n) is 2.89. The Balaban J connectivity index is 2.95. The standard InChI is InChI=1S/C10H4Cl4N4/c11-6-1-7(12)10(9(14)8(6)13)18-17-4-5(2-15)3-16/h1,4,17-18H. The fourth-order valence-corrected chi connectivity index (χ4v) is 1.96. The van der Waals surface area contributed by atoms with Crippen molar-refractivity contribution < 1.29 is 0 Å². The molecule has 92 valence electrons. The monoisotopic (exact) mass is 320 g/mol. The molecule has 1 aromatic carbocycles. The van der Waals surface area contributed by atoms with Gasteiger partial charge in [-0.2, -0.15) is 10.5 Å². The Morgan fingerprint density at radius 3 is 2.22 bits per heavy atom. The molecule has 1 aromatic rings. The normalized spacial score (nSPS) is 9.00. The van der Waals surface area contributed by atoms with E-state index >= 15 is 0 Å². The molecule has 0 aromatic heterocycles. The number of anilines is 1. The van der Waals surface area contributed by atoms with Crippen LogP contribution in [0.4, 0.5) is 5.69 Å². The van der Waals surface area contributed by atoms with Crippen LogP contribution in [0, 0.1) is 22.7 Å². The SMILES string of the molecule is N#CC(C#N)=CNNc1c(Cl)cc(Cl)c(Cl)c1Cl. The molecule has 0 aliphatic carbocycles. The van der Waals surface area contributed by atoms with Gasteiger partial charge in [-0.3, -0.25) is 5.43 Å². The Hall–Kier alpha value is -1.30. The second kappa shape index (κ2) is 6.58. The molecule has 1 rings (SSSR count). The zero-order chi connectivity index (χ0) is 13.7. The smallest absolute Gasteiger partial charge is 0.147 e. The van der Waals surface area contributed by atoms with Crippen molar-refractivity contribution in [1.29, 1.82) is 10.5 Å². The Morgan fingerprint density at radius 2 is 1.67 bits per heavy atom. The van der Waals surface area contributed by atoms with Crippen LogP contribution in [0.25, 0.3) is 0 Å². The van der Waals surface area contributed by atoms with Crippen LogP contribution in [-0.4, -0.2) is 0 Å². The fraction of sp³-hybridized carbons (Fsp3) is 0. The fourth-order valence-electron chi connectivity index (χ4n) is 0.951. The van der Waals surface area contributed by atoms with Crippen molar-refractivity contribution in [2.75, 3.05) is 5.43 Å². The van der Waals surface area contributed by atoms with Crippen LogP contribution in [0.2, 0.25) is 20.1 Å². The summed E-state index contributed by atoms with van der Waals surface area (Å²) in [6.07, 6.45) is 1.16. The molecule has 0 aliphatic rings. The molecule has 18 heavy (non-hydrogen) atoms. The minimum absolute atomic E-state index is 0.116. The first-order valence-electron chi connectivity index (χ1n) is 4.36. The number of rotatable bonds is 3. The van der Waals surface area contributed by atoms with Crippen molar-refractivity contribution >= 4 is 52.1 Å². The average molecular weight is 322 g/mol. The summed E-state index contributed by atoms with van der Waals surface area (Å²) in [5, 5.41) is 17.8. The highest BCUT2D eigenvalue weighted by molar-refractivity contribution is 6.51. The van der Waals surface area contributed by atoms with Gasteiger partial charge in [-0.25, -0.2) is 0 Å². The molecule has 2 N–H and O–H groups in total. The molecule has 0 saturated carbocycles. The zero-order valence-electron chi connectivity index (χ0n) is 8.56. The molecule has 0 radical (unpaired) electrons. The van der Waals surface area contributed by atoms with Gasteiger partial charge in [-0.15, -0.1) is 0 Å². The number of halogens is 4. The van der Waals surface area contributed by atoms with Gasteiger partial charge in [-0.1, -0.05) is 46.4 Å². The summed E-state index contributed by atoms with van der Waals surface area (Å²) in [5.41, 5.74) is 5.29. The van der Waals surface area contributed by atoms with Crippen LogP contribution in [0.5, 0.6) is 0 Å². The van der Waals surface area contributed by atoms with Crippen LogP contribution < -0.4 is 10.9 Å². The maximum Gasteiger partial charge on any atom is 0.147 e. The van der Waals surface area contributed by atoms with Gasteiger partial charge in [-0.05, 0) is 6.07 Å². The lowest BCUT2D eigenvalue weighted by Gasteiger charge is -2.11. The first-order chi connectivity index (χ1) is 8.51. The number of hydrazine groups is 1. The number of nitrogens with zero attached hydrogens (tertiary/aromatic N) is 2. The molecule has 0 heterocycles. The predicted octanol–water partition coefficient (Wildman–Crippen LogP) is 4.15. The number of benzene rings is 1. The average Bonchev–Trinajstić information content (AvgIpc) is 2.35. The predicted molar refractivity (Wildman–Crippen MR) is 72.5 cm³/mol. The quantitative estimate of drug-likeness (QED) is 0.380. The Bertz CT molecular complexity index is 567. The van der Waals surface area contributed by atoms with Gasteiger partial charge < -0.3 is 5.43 Å². The van der Waals surface area contributed by atoms with Gasteiger partial charge in [0.15, 0.2) is 0 Å². The third kappa shape index (κ3) is 3.35. The number of nitriles is 2. The molecule has 0 spiro atoms. The van der Waals surface area contributed by atoms with Crippen LogP contribution in [0.3, 0.4) is 0 Å². The summed E-state index contributed by atoms with van der Waals surface area (Å²) < 4.78 is 0. The summed E-state index contributed by atoms with van der Waals surface area (Å²) in [4.78, 5) is 0. The molecule has 0 bridgehead atoms. The summed E-state index contributed by atoms with van der Waals surface area (Å²) in [6.45, 7) is 0. The van der Waals surface area contributed by atoms with Crippen LogP contribution >= 0.6 is 46.4 Å². The second-order valence-corrected chi connectivity index (χ2v) is 4.46. The maximum absolute atomic E-state index is 8.51. The molecule has 8 heteroatoms. The highest BCUT2D eigenvalue weighted by Gasteiger charge is 2.13. The van der Waals surface area contributed by atoms with Gasteiger partial charge in [0.25, 0.3) is 0 Å². The molecule has 0 unspecified atom stereocenters. The van der Waals surface area contributed by atoms with E-state index in [0.717, 1.165) is 6.20 Å². The largest absolute Gasteiger partial charge is 0.306 e. The highest BCUT2D eigenvalue weighted by Crippen LogP contribution is 2.40. The third-order valence-electron chi connectivity index (χ3n) is 1.77. The molecule has 0 atom stereocenters. The maximum atomic E-state index is 8.51. The van der Waals surface area contributed by atoms with Crippen molar-refractivity contribution in [3.63, 3.8) is 0 Å². The first-order valence-corrected chi connectivity index (χ1v) is 5.87. The Labute approximate surface area is 123 Å². The van der Waals surface area contributed by atoms with E-state index in [0.29, 0.717) is 5.69 Å². The molecule has 0 saturated heterocycles. The van der Waals surface area contributed by atoms with E-state index in [-0.39, 0.29) is 25.7 Å². The van der Waals surface area contributed by atoms with Crippen molar-refractivity contribution in [2.24, 2.45) is 0 Å².